The van der Waals surface area contributed by atoms with Crippen molar-refractivity contribution in [3.8, 4) is 0 Å². The summed E-state index contributed by atoms with van der Waals surface area (Å²) in [4.78, 5) is 33.4. The highest BCUT2D eigenvalue weighted by Crippen LogP contribution is 2.19. The first-order valence-electron chi connectivity index (χ1n) is 7.30. The van der Waals surface area contributed by atoms with Crippen molar-refractivity contribution < 1.29 is 14.5 Å². The van der Waals surface area contributed by atoms with Gasteiger partial charge in [0.05, 0.1) is 4.92 Å². The third-order valence-electron chi connectivity index (χ3n) is 2.71. The van der Waals surface area contributed by atoms with Crippen molar-refractivity contribution in [1.29, 1.82) is 0 Å². The highest BCUT2D eigenvalue weighted by atomic mass is 16.6. The number of nitrogens with one attached hydrogen (secondary N) is 2. The van der Waals surface area contributed by atoms with Gasteiger partial charge in [0.15, 0.2) is 0 Å². The van der Waals surface area contributed by atoms with Gasteiger partial charge in [0.1, 0.15) is 0 Å². The number of carbonyl (C=O) groups is 2. The molecule has 22 heavy (non-hydrogen) atoms. The largest absolute Gasteiger partial charge is 0.338 e. The van der Waals surface area contributed by atoms with E-state index in [9.17, 15) is 19.7 Å². The third kappa shape index (κ3) is 6.34. The van der Waals surface area contributed by atoms with E-state index in [4.69, 9.17) is 0 Å². The van der Waals surface area contributed by atoms with E-state index in [0.29, 0.717) is 12.1 Å². The van der Waals surface area contributed by atoms with Gasteiger partial charge in [-0.25, -0.2) is 4.79 Å². The molecule has 7 nitrogen and oxygen atoms in total. The lowest BCUT2D eigenvalue weighted by molar-refractivity contribution is -0.385. The van der Waals surface area contributed by atoms with Crippen LogP contribution in [0.25, 0.3) is 0 Å². The number of aryl methyl sites for hydroxylation is 1. The minimum absolute atomic E-state index is 0.0768. The molecule has 0 saturated carbocycles. The van der Waals surface area contributed by atoms with E-state index in [2.05, 4.69) is 10.6 Å². The number of rotatable bonds is 5. The number of hydrogen-bond donors (Lipinski definition) is 2. The number of urea groups is 1. The molecule has 1 aromatic rings. The van der Waals surface area contributed by atoms with Crippen LogP contribution in [0, 0.1) is 17.0 Å². The van der Waals surface area contributed by atoms with Gasteiger partial charge in [-0.1, -0.05) is 33.3 Å². The van der Waals surface area contributed by atoms with Crippen LogP contribution in [0.5, 0.6) is 0 Å². The van der Waals surface area contributed by atoms with Crippen LogP contribution in [-0.4, -0.2) is 23.4 Å². The van der Waals surface area contributed by atoms with E-state index in [1.54, 1.807) is 6.92 Å². The fourth-order valence-corrected chi connectivity index (χ4v) is 1.55. The van der Waals surface area contributed by atoms with Crippen LogP contribution >= 0.6 is 0 Å². The highest BCUT2D eigenvalue weighted by Gasteiger charge is 2.16. The summed E-state index contributed by atoms with van der Waals surface area (Å²) in [5.74, 6) is -0.665. The molecule has 0 aliphatic rings. The molecule has 0 spiro atoms. The van der Waals surface area contributed by atoms with Crippen LogP contribution in [0.3, 0.4) is 0 Å². The molecule has 0 unspecified atom stereocenters. The topological polar surface area (TPSA) is 101 Å². The molecule has 0 aliphatic heterocycles. The number of benzene rings is 1. The lowest BCUT2D eigenvalue weighted by Crippen LogP contribution is -2.39. The fourth-order valence-electron chi connectivity index (χ4n) is 1.55. The summed E-state index contributed by atoms with van der Waals surface area (Å²) in [5, 5.41) is 15.4. The third-order valence-corrected chi connectivity index (χ3v) is 2.71. The molecule has 1 aromatic carbocycles. The number of imide groups is 1. The van der Waals surface area contributed by atoms with Crippen LogP contribution in [0.2, 0.25) is 0 Å². The molecule has 0 aliphatic carbocycles. The van der Waals surface area contributed by atoms with Gasteiger partial charge in [0.2, 0.25) is 0 Å². The second kappa shape index (κ2) is 10.3. The molecule has 0 heterocycles. The Morgan fingerprint density at radius 2 is 1.91 bits per heavy atom. The van der Waals surface area contributed by atoms with Crippen LogP contribution in [0.15, 0.2) is 18.2 Å². The second-order valence-corrected chi connectivity index (χ2v) is 4.32. The summed E-state index contributed by atoms with van der Waals surface area (Å²) in [5.41, 5.74) is 0.385. The average molecular weight is 309 g/mol. The number of unbranched alkanes of at least 4 members (excludes halogenated alkanes) is 1. The van der Waals surface area contributed by atoms with Crippen molar-refractivity contribution in [2.45, 2.75) is 40.5 Å². The van der Waals surface area contributed by atoms with E-state index in [1.807, 2.05) is 20.8 Å². The smallest absolute Gasteiger partial charge is 0.321 e. The molecule has 1 rings (SSSR count). The molecule has 0 atom stereocenters. The maximum atomic E-state index is 11.8. The van der Waals surface area contributed by atoms with Crippen molar-refractivity contribution in [2.24, 2.45) is 0 Å². The minimum atomic E-state index is -0.665. The quantitative estimate of drug-likeness (QED) is 0.495. The Hall–Kier alpha value is -2.44. The van der Waals surface area contributed by atoms with Crippen molar-refractivity contribution >= 4 is 17.6 Å². The Morgan fingerprint density at radius 1 is 1.27 bits per heavy atom. The summed E-state index contributed by atoms with van der Waals surface area (Å²) in [6.07, 6.45) is 1.75. The Balaban J connectivity index is 0.00000211. The predicted octanol–water partition coefficient (Wildman–Crippen LogP) is 3.17. The van der Waals surface area contributed by atoms with Crippen molar-refractivity contribution in [2.75, 3.05) is 6.54 Å². The number of nitrogens with zero attached hydrogens (tertiary/aromatic N) is 1. The van der Waals surface area contributed by atoms with E-state index in [0.717, 1.165) is 18.9 Å². The molecule has 0 bridgehead atoms. The zero-order valence-electron chi connectivity index (χ0n) is 13.4. The molecule has 0 radical (unpaired) electrons. The number of carbonyl (C=O) groups excluding carboxylic acids is 2. The van der Waals surface area contributed by atoms with Crippen LogP contribution in [0.4, 0.5) is 10.5 Å². The van der Waals surface area contributed by atoms with Gasteiger partial charge < -0.3 is 5.32 Å². The molecule has 0 saturated heterocycles. The fraction of sp³-hybridized carbons (Fsp3) is 0.467. The summed E-state index contributed by atoms with van der Waals surface area (Å²) in [6, 6.07) is 3.47. The van der Waals surface area contributed by atoms with Crippen LogP contribution < -0.4 is 10.6 Å². The average Bonchev–Trinajstić information content (AvgIpc) is 2.49. The number of nitro groups is 1. The summed E-state index contributed by atoms with van der Waals surface area (Å²) in [6.45, 7) is 8.04. The zero-order valence-corrected chi connectivity index (χ0v) is 13.4. The van der Waals surface area contributed by atoms with Crippen molar-refractivity contribution in [3.63, 3.8) is 0 Å². The number of amides is 3. The molecular weight excluding hydrogens is 286 g/mol. The molecule has 0 aromatic heterocycles. The van der Waals surface area contributed by atoms with Crippen LogP contribution in [-0.2, 0) is 0 Å². The van der Waals surface area contributed by atoms with E-state index < -0.39 is 16.9 Å². The van der Waals surface area contributed by atoms with Crippen LogP contribution in [0.1, 0.15) is 49.5 Å². The van der Waals surface area contributed by atoms with Gasteiger partial charge in [-0.3, -0.25) is 20.2 Å². The zero-order chi connectivity index (χ0) is 17.1. The summed E-state index contributed by atoms with van der Waals surface area (Å²) < 4.78 is 0. The van der Waals surface area contributed by atoms with Gasteiger partial charge in [-0.15, -0.1) is 0 Å². The Morgan fingerprint density at radius 3 is 2.45 bits per heavy atom. The molecule has 7 heteroatoms. The van der Waals surface area contributed by atoms with E-state index >= 15 is 0 Å². The normalized spacial score (nSPS) is 9.27. The Kier molecular flexibility index (Phi) is 9.17. The standard InChI is InChI=1S/C13H17N3O4.C2H6/c1-3-4-7-14-13(18)15-12(17)10-6-5-9(2)11(8-10)16(19)20;1-2/h5-6,8H,3-4,7H2,1-2H3,(H2,14,15,17,18);1-2H3. The van der Waals surface area contributed by atoms with Crippen molar-refractivity contribution in [1.82, 2.24) is 10.6 Å². The van der Waals surface area contributed by atoms with Gasteiger partial charge in [-0.2, -0.15) is 0 Å². The monoisotopic (exact) mass is 309 g/mol. The first-order chi connectivity index (χ1) is 10.5. The molecule has 0 fully saturated rings. The SMILES string of the molecule is CC.CCCCNC(=O)NC(=O)c1ccc(C)c([N+](=O)[O-])c1. The summed E-state index contributed by atoms with van der Waals surface area (Å²) >= 11 is 0. The second-order valence-electron chi connectivity index (χ2n) is 4.32. The lowest BCUT2D eigenvalue weighted by atomic mass is 10.1. The van der Waals surface area contributed by atoms with Crippen molar-refractivity contribution in [3.05, 3.63) is 39.4 Å². The Labute approximate surface area is 130 Å². The van der Waals surface area contributed by atoms with Gasteiger partial charge in [-0.05, 0) is 19.4 Å². The van der Waals surface area contributed by atoms with Gasteiger partial charge in [0.25, 0.3) is 11.6 Å². The maximum absolute atomic E-state index is 11.8. The van der Waals surface area contributed by atoms with E-state index in [1.165, 1.54) is 12.1 Å². The maximum Gasteiger partial charge on any atom is 0.321 e. The predicted molar refractivity (Wildman–Crippen MR) is 85.0 cm³/mol. The van der Waals surface area contributed by atoms with Gasteiger partial charge in [0, 0.05) is 23.7 Å². The molecule has 2 N–H and O–H groups in total. The Bertz CT molecular complexity index is 530. The minimum Gasteiger partial charge on any atom is -0.338 e. The highest BCUT2D eigenvalue weighted by molar-refractivity contribution is 6.04. The summed E-state index contributed by atoms with van der Waals surface area (Å²) in [7, 11) is 0. The lowest BCUT2D eigenvalue weighted by Gasteiger charge is -2.06. The first-order valence-corrected chi connectivity index (χ1v) is 7.30. The molecular formula is C15H23N3O4. The number of nitro benzene ring substituents is 1. The number of hydrogen-bond acceptors (Lipinski definition) is 4. The molecule has 122 valence electrons. The first kappa shape index (κ1) is 19.6. The molecule has 3 amide bonds. The van der Waals surface area contributed by atoms with Gasteiger partial charge >= 0.3 is 6.03 Å². The van der Waals surface area contributed by atoms with E-state index in [-0.39, 0.29) is 11.3 Å².